The fourth-order valence-electron chi connectivity index (χ4n) is 6.04. The highest BCUT2D eigenvalue weighted by molar-refractivity contribution is 6.05. The number of likely N-dealkylation sites (tertiary alicyclic amines) is 2. The zero-order valence-corrected chi connectivity index (χ0v) is 21.1. The lowest BCUT2D eigenvalue weighted by molar-refractivity contribution is 0.0915. The van der Waals surface area contributed by atoms with Crippen LogP contribution in [0.3, 0.4) is 0 Å². The molecule has 2 aromatic rings. The fourth-order valence-corrected chi connectivity index (χ4v) is 6.04. The van der Waals surface area contributed by atoms with Crippen molar-refractivity contribution in [3.8, 4) is 0 Å². The number of anilines is 1. The van der Waals surface area contributed by atoms with Crippen LogP contribution in [0.1, 0.15) is 74.7 Å². The van der Waals surface area contributed by atoms with Gasteiger partial charge in [0.25, 0.3) is 0 Å². The smallest absolute Gasteiger partial charge is 0.184 e. The minimum absolute atomic E-state index is 0.182. The first-order valence-electron chi connectivity index (χ1n) is 13.7. The van der Waals surface area contributed by atoms with Crippen LogP contribution in [0.5, 0.6) is 0 Å². The van der Waals surface area contributed by atoms with Crippen LogP contribution in [0.4, 0.5) is 5.82 Å². The molecular formula is C27H42N6O. The molecule has 34 heavy (non-hydrogen) atoms. The lowest BCUT2D eigenvalue weighted by Gasteiger charge is -2.34. The van der Waals surface area contributed by atoms with Gasteiger partial charge in [-0.2, -0.15) is 5.10 Å². The number of hydrogen-bond donors (Lipinski definition) is 0. The largest absolute Gasteiger partial charge is 0.357 e. The van der Waals surface area contributed by atoms with Gasteiger partial charge >= 0.3 is 0 Å². The predicted molar refractivity (Wildman–Crippen MR) is 138 cm³/mol. The molecule has 3 aliphatic heterocycles. The number of rotatable bonds is 7. The first-order valence-corrected chi connectivity index (χ1v) is 13.7. The second-order valence-electron chi connectivity index (χ2n) is 10.7. The Morgan fingerprint density at radius 2 is 1.47 bits per heavy atom. The van der Waals surface area contributed by atoms with Gasteiger partial charge in [0.05, 0.1) is 5.39 Å². The number of ketones is 1. The average Bonchev–Trinajstić information content (AvgIpc) is 3.03. The van der Waals surface area contributed by atoms with Gasteiger partial charge in [0.15, 0.2) is 11.4 Å². The summed E-state index contributed by atoms with van der Waals surface area (Å²) in [6.45, 7) is 9.31. The molecule has 186 valence electrons. The van der Waals surface area contributed by atoms with Crippen LogP contribution in [0.2, 0.25) is 0 Å². The summed E-state index contributed by atoms with van der Waals surface area (Å²) in [5.74, 6) is 1.68. The number of aromatic nitrogens is 3. The number of Topliss-reactive ketones (excluding diaryl/α,β-unsaturated/α-hetero) is 1. The number of carbonyl (C=O) groups excluding carboxylic acids is 1. The lowest BCUT2D eigenvalue weighted by atomic mass is 9.90. The number of nitrogens with zero attached hydrogens (tertiary/aromatic N) is 6. The van der Waals surface area contributed by atoms with E-state index in [1.165, 1.54) is 71.1 Å². The van der Waals surface area contributed by atoms with Crippen molar-refractivity contribution in [2.45, 2.75) is 64.2 Å². The Balaban J connectivity index is 1.16. The summed E-state index contributed by atoms with van der Waals surface area (Å²) in [4.78, 5) is 25.8. The third kappa shape index (κ3) is 5.62. The summed E-state index contributed by atoms with van der Waals surface area (Å²) in [5.41, 5.74) is 1.44. The van der Waals surface area contributed by atoms with Crippen molar-refractivity contribution in [1.82, 2.24) is 24.6 Å². The molecule has 0 atom stereocenters. The van der Waals surface area contributed by atoms with Crippen molar-refractivity contribution < 1.29 is 4.79 Å². The third-order valence-electron chi connectivity index (χ3n) is 8.23. The molecule has 0 aliphatic carbocycles. The zero-order chi connectivity index (χ0) is 23.3. The molecule has 3 aliphatic rings. The Hall–Kier alpha value is -1.99. The van der Waals surface area contributed by atoms with Gasteiger partial charge in [0, 0.05) is 39.6 Å². The van der Waals surface area contributed by atoms with E-state index in [9.17, 15) is 4.79 Å². The number of pyridine rings is 1. The minimum Gasteiger partial charge on any atom is -0.357 e. The highest BCUT2D eigenvalue weighted by Crippen LogP contribution is 2.27. The Labute approximate surface area is 204 Å². The minimum atomic E-state index is 0.182. The van der Waals surface area contributed by atoms with E-state index in [1.807, 2.05) is 7.05 Å². The molecule has 7 heteroatoms. The molecular weight excluding hydrogens is 424 g/mol. The van der Waals surface area contributed by atoms with E-state index in [0.29, 0.717) is 18.0 Å². The first-order chi connectivity index (χ1) is 16.7. The van der Waals surface area contributed by atoms with E-state index in [1.54, 1.807) is 4.68 Å². The summed E-state index contributed by atoms with van der Waals surface area (Å²) in [6.07, 6.45) is 12.0. The van der Waals surface area contributed by atoms with E-state index in [4.69, 9.17) is 4.98 Å². The maximum atomic E-state index is 13.3. The first kappa shape index (κ1) is 23.7. The van der Waals surface area contributed by atoms with Crippen LogP contribution in [-0.2, 0) is 7.05 Å². The summed E-state index contributed by atoms with van der Waals surface area (Å²) in [5, 5.41) is 5.53. The second-order valence-corrected chi connectivity index (χ2v) is 10.7. The van der Waals surface area contributed by atoms with Gasteiger partial charge in [-0.25, -0.2) is 9.67 Å². The number of fused-ring (bicyclic) bond motifs is 1. The molecule has 0 radical (unpaired) electrons. The molecule has 0 saturated carbocycles. The van der Waals surface area contributed by atoms with Crippen LogP contribution in [0.25, 0.3) is 11.0 Å². The van der Waals surface area contributed by atoms with Crippen molar-refractivity contribution in [2.24, 2.45) is 13.0 Å². The van der Waals surface area contributed by atoms with Crippen molar-refractivity contribution in [2.75, 3.05) is 57.3 Å². The molecule has 2 aromatic heterocycles. The van der Waals surface area contributed by atoms with E-state index in [2.05, 4.69) is 31.9 Å². The number of piperidine rings is 2. The van der Waals surface area contributed by atoms with Crippen molar-refractivity contribution in [3.05, 3.63) is 17.8 Å². The number of hydrogen-bond acceptors (Lipinski definition) is 6. The SMILES string of the molecule is Cn1nc(C(=O)CC2CCN(CCN3CCCCC3)CC2)c2ccc(N3CCCCCC3)nc21. The zero-order valence-electron chi connectivity index (χ0n) is 21.1. The van der Waals surface area contributed by atoms with Gasteiger partial charge in [0.1, 0.15) is 11.5 Å². The summed E-state index contributed by atoms with van der Waals surface area (Å²) in [7, 11) is 1.92. The Morgan fingerprint density at radius 3 is 2.18 bits per heavy atom. The molecule has 3 saturated heterocycles. The van der Waals surface area contributed by atoms with Crippen LogP contribution in [0.15, 0.2) is 12.1 Å². The second kappa shape index (κ2) is 11.2. The van der Waals surface area contributed by atoms with Crippen molar-refractivity contribution in [1.29, 1.82) is 0 Å². The van der Waals surface area contributed by atoms with Gasteiger partial charge in [-0.1, -0.05) is 19.3 Å². The monoisotopic (exact) mass is 466 g/mol. The molecule has 0 N–H and O–H groups in total. The summed E-state index contributed by atoms with van der Waals surface area (Å²) >= 11 is 0. The Bertz CT molecular complexity index is 949. The van der Waals surface area contributed by atoms with E-state index in [0.717, 1.165) is 55.9 Å². The molecule has 3 fully saturated rings. The van der Waals surface area contributed by atoms with Gasteiger partial charge in [-0.3, -0.25) is 4.79 Å². The molecule has 0 spiro atoms. The van der Waals surface area contributed by atoms with Gasteiger partial charge in [-0.05, 0) is 82.8 Å². The van der Waals surface area contributed by atoms with E-state index >= 15 is 0 Å². The van der Waals surface area contributed by atoms with Gasteiger partial charge < -0.3 is 14.7 Å². The molecule has 5 rings (SSSR count). The van der Waals surface area contributed by atoms with Gasteiger partial charge in [-0.15, -0.1) is 0 Å². The normalized spacial score (nSPS) is 21.7. The Morgan fingerprint density at radius 1 is 0.853 bits per heavy atom. The molecule has 7 nitrogen and oxygen atoms in total. The van der Waals surface area contributed by atoms with Crippen LogP contribution < -0.4 is 4.90 Å². The number of carbonyl (C=O) groups is 1. The van der Waals surface area contributed by atoms with Crippen LogP contribution >= 0.6 is 0 Å². The summed E-state index contributed by atoms with van der Waals surface area (Å²) in [6, 6.07) is 4.17. The molecule has 5 heterocycles. The van der Waals surface area contributed by atoms with Gasteiger partial charge in [0.2, 0.25) is 0 Å². The quantitative estimate of drug-likeness (QED) is 0.572. The average molecular weight is 467 g/mol. The fraction of sp³-hybridized carbons (Fsp3) is 0.741. The third-order valence-corrected chi connectivity index (χ3v) is 8.23. The number of aryl methyl sites for hydroxylation is 1. The maximum absolute atomic E-state index is 13.3. The highest BCUT2D eigenvalue weighted by Gasteiger charge is 2.25. The maximum Gasteiger partial charge on any atom is 0.184 e. The van der Waals surface area contributed by atoms with E-state index < -0.39 is 0 Å². The standard InChI is InChI=1S/C27H42N6O/c1-30-27-23(9-10-25(28-27)33-15-7-2-3-8-16-33)26(29-30)24(34)21-22-11-17-32(18-12-22)20-19-31-13-5-4-6-14-31/h9-10,22H,2-8,11-21H2,1H3. The Kier molecular flexibility index (Phi) is 7.80. The molecule has 0 unspecified atom stereocenters. The van der Waals surface area contributed by atoms with E-state index in [-0.39, 0.29) is 5.78 Å². The molecule has 0 bridgehead atoms. The molecule has 0 amide bonds. The topological polar surface area (TPSA) is 57.5 Å². The van der Waals surface area contributed by atoms with Crippen molar-refractivity contribution >= 4 is 22.6 Å². The summed E-state index contributed by atoms with van der Waals surface area (Å²) < 4.78 is 1.80. The highest BCUT2D eigenvalue weighted by atomic mass is 16.1. The van der Waals surface area contributed by atoms with Crippen LogP contribution in [-0.4, -0.2) is 82.7 Å². The molecule has 0 aromatic carbocycles. The van der Waals surface area contributed by atoms with Crippen LogP contribution in [0, 0.1) is 5.92 Å². The van der Waals surface area contributed by atoms with Crippen molar-refractivity contribution in [3.63, 3.8) is 0 Å². The lowest BCUT2D eigenvalue weighted by Crippen LogP contribution is -2.41. The predicted octanol–water partition coefficient (Wildman–Crippen LogP) is 4.12.